The van der Waals surface area contributed by atoms with Crippen molar-refractivity contribution >= 4 is 8.07 Å². The monoisotopic (exact) mass is 184 g/mol. The molecule has 2 aliphatic carbocycles. The van der Waals surface area contributed by atoms with Crippen LogP contribution in [0.25, 0.3) is 0 Å². The first kappa shape index (κ1) is 8.76. The molecule has 4 atom stereocenters. The van der Waals surface area contributed by atoms with Gasteiger partial charge in [0.2, 0.25) is 0 Å². The van der Waals surface area contributed by atoms with E-state index in [0.29, 0.717) is 5.92 Å². The number of fused-ring (bicyclic) bond motifs is 2. The van der Waals surface area contributed by atoms with Crippen LogP contribution in [0.5, 0.6) is 0 Å². The zero-order valence-corrected chi connectivity index (χ0v) is 9.38. The van der Waals surface area contributed by atoms with Crippen molar-refractivity contribution in [3.8, 4) is 0 Å². The van der Waals surface area contributed by atoms with Gasteiger partial charge in [0.25, 0.3) is 0 Å². The van der Waals surface area contributed by atoms with E-state index in [1.807, 2.05) is 0 Å². The average Bonchev–Trinajstić information content (AvgIpc) is 2.39. The summed E-state index contributed by atoms with van der Waals surface area (Å²) in [6.45, 7) is 7.38. The van der Waals surface area contributed by atoms with E-state index in [9.17, 15) is 5.11 Å². The molecule has 0 spiro atoms. The summed E-state index contributed by atoms with van der Waals surface area (Å²) >= 11 is 0. The fourth-order valence-corrected chi connectivity index (χ4v) is 7.04. The molecule has 1 nitrogen and oxygen atoms in total. The Morgan fingerprint density at radius 2 is 1.83 bits per heavy atom. The Bertz CT molecular complexity index is 185. The lowest BCUT2D eigenvalue weighted by atomic mass is 9.98. The number of hydrogen-bond donors (Lipinski definition) is 1. The van der Waals surface area contributed by atoms with Gasteiger partial charge in [-0.25, -0.2) is 0 Å². The van der Waals surface area contributed by atoms with Gasteiger partial charge in [0.1, 0.15) is 0 Å². The first-order valence-corrected chi connectivity index (χ1v) is 8.76. The first-order valence-electron chi connectivity index (χ1n) is 5.18. The largest absolute Gasteiger partial charge is 0.393 e. The molecule has 0 unspecified atom stereocenters. The van der Waals surface area contributed by atoms with E-state index in [2.05, 4.69) is 19.6 Å². The summed E-state index contributed by atoms with van der Waals surface area (Å²) in [6, 6.07) is 0. The predicted molar refractivity (Wildman–Crippen MR) is 53.9 cm³/mol. The van der Waals surface area contributed by atoms with Gasteiger partial charge in [-0.3, -0.25) is 0 Å². The molecule has 0 aromatic carbocycles. The molecule has 0 aliphatic heterocycles. The second-order valence-electron chi connectivity index (χ2n) is 5.70. The third kappa shape index (κ3) is 1.16. The fourth-order valence-electron chi connectivity index (χ4n) is 3.65. The highest BCUT2D eigenvalue weighted by Crippen LogP contribution is 2.57. The number of rotatable bonds is 1. The fraction of sp³-hybridized carbons (Fsp3) is 1.00. The van der Waals surface area contributed by atoms with E-state index in [1.165, 1.54) is 12.8 Å². The van der Waals surface area contributed by atoms with Crippen molar-refractivity contribution in [3.63, 3.8) is 0 Å². The van der Waals surface area contributed by atoms with Crippen molar-refractivity contribution in [2.75, 3.05) is 0 Å². The third-order valence-electron chi connectivity index (χ3n) is 3.88. The van der Waals surface area contributed by atoms with Crippen molar-refractivity contribution in [3.05, 3.63) is 0 Å². The van der Waals surface area contributed by atoms with Gasteiger partial charge in [-0.05, 0) is 36.6 Å². The molecule has 1 N–H and O–H groups in total. The molecule has 0 aromatic heterocycles. The van der Waals surface area contributed by atoms with Gasteiger partial charge >= 0.3 is 0 Å². The van der Waals surface area contributed by atoms with Crippen LogP contribution in [-0.2, 0) is 0 Å². The summed E-state index contributed by atoms with van der Waals surface area (Å²) in [6.07, 6.45) is 3.87. The summed E-state index contributed by atoms with van der Waals surface area (Å²) in [5.74, 6) is 1.57. The Hall–Kier alpha value is 0.177. The van der Waals surface area contributed by atoms with E-state index in [0.717, 1.165) is 17.9 Å². The highest BCUT2D eigenvalue weighted by atomic mass is 28.3. The number of hydrogen-bond acceptors (Lipinski definition) is 1. The minimum absolute atomic E-state index is 0.0560. The van der Waals surface area contributed by atoms with Gasteiger partial charge in [-0.2, -0.15) is 0 Å². The summed E-state index contributed by atoms with van der Waals surface area (Å²) in [5.41, 5.74) is 0.924. The summed E-state index contributed by atoms with van der Waals surface area (Å²) in [5, 5.41) is 9.78. The SMILES string of the molecule is C[Si](C)(C)[C@@H]1[C@@H]2CC[C@H]1[C@@H](O)C2. The van der Waals surface area contributed by atoms with Crippen molar-refractivity contribution in [1.82, 2.24) is 0 Å². The molecule has 2 saturated carbocycles. The van der Waals surface area contributed by atoms with E-state index in [4.69, 9.17) is 0 Å². The molecule has 2 heteroatoms. The molecule has 12 heavy (non-hydrogen) atoms. The molecule has 0 aromatic rings. The number of aliphatic hydroxyl groups excluding tert-OH is 1. The van der Waals surface area contributed by atoms with Crippen LogP contribution in [0.3, 0.4) is 0 Å². The Labute approximate surface area is 76.2 Å². The maximum Gasteiger partial charge on any atom is 0.0571 e. The van der Waals surface area contributed by atoms with Crippen LogP contribution in [0, 0.1) is 11.8 Å². The maximum atomic E-state index is 9.78. The van der Waals surface area contributed by atoms with Crippen LogP contribution >= 0.6 is 0 Å². The van der Waals surface area contributed by atoms with Crippen LogP contribution in [0.2, 0.25) is 25.2 Å². The van der Waals surface area contributed by atoms with Crippen molar-refractivity contribution in [2.24, 2.45) is 11.8 Å². The average molecular weight is 184 g/mol. The van der Waals surface area contributed by atoms with Crippen LogP contribution in [-0.4, -0.2) is 19.3 Å². The quantitative estimate of drug-likeness (QED) is 0.621. The van der Waals surface area contributed by atoms with Crippen LogP contribution in [0.4, 0.5) is 0 Å². The molecular formula is C10H20OSi. The van der Waals surface area contributed by atoms with Crippen molar-refractivity contribution in [2.45, 2.75) is 50.5 Å². The van der Waals surface area contributed by atoms with E-state index in [1.54, 1.807) is 0 Å². The molecule has 0 radical (unpaired) electrons. The zero-order valence-electron chi connectivity index (χ0n) is 8.38. The van der Waals surface area contributed by atoms with Gasteiger partial charge in [-0.15, -0.1) is 0 Å². The molecule has 0 heterocycles. The van der Waals surface area contributed by atoms with Gasteiger partial charge in [-0.1, -0.05) is 19.6 Å². The molecule has 0 amide bonds. The Kier molecular flexibility index (Phi) is 1.88. The molecule has 0 saturated heterocycles. The Morgan fingerprint density at radius 3 is 2.08 bits per heavy atom. The predicted octanol–water partition coefficient (Wildman–Crippen LogP) is 2.49. The number of aliphatic hydroxyl groups is 1. The standard InChI is InChI=1S/C10H20OSi/c1-12(2,3)10-7-4-5-8(10)9(11)6-7/h7-11H,4-6H2,1-3H3/t7-,8+,9+,10-/m1/s1. The maximum absolute atomic E-state index is 9.78. The van der Waals surface area contributed by atoms with E-state index in [-0.39, 0.29) is 6.10 Å². The molecular weight excluding hydrogens is 164 g/mol. The second kappa shape index (κ2) is 2.58. The third-order valence-corrected chi connectivity index (χ3v) is 6.78. The van der Waals surface area contributed by atoms with Gasteiger partial charge in [0, 0.05) is 8.07 Å². The van der Waals surface area contributed by atoms with Gasteiger partial charge in [0.05, 0.1) is 6.10 Å². The molecule has 2 fully saturated rings. The second-order valence-corrected chi connectivity index (χ2v) is 11.1. The summed E-state index contributed by atoms with van der Waals surface area (Å²) in [4.78, 5) is 0. The van der Waals surface area contributed by atoms with Crippen LogP contribution < -0.4 is 0 Å². The highest BCUT2D eigenvalue weighted by Gasteiger charge is 2.52. The van der Waals surface area contributed by atoms with Gasteiger partial charge in [0.15, 0.2) is 0 Å². The Morgan fingerprint density at radius 1 is 1.17 bits per heavy atom. The van der Waals surface area contributed by atoms with E-state index >= 15 is 0 Å². The lowest BCUT2D eigenvalue weighted by Crippen LogP contribution is -2.32. The molecule has 2 bridgehead atoms. The normalized spacial score (nSPS) is 47.0. The summed E-state index contributed by atoms with van der Waals surface area (Å²) < 4.78 is 0. The smallest absolute Gasteiger partial charge is 0.0571 e. The lowest BCUT2D eigenvalue weighted by Gasteiger charge is -2.29. The Balaban J connectivity index is 2.19. The minimum Gasteiger partial charge on any atom is -0.393 e. The highest BCUT2D eigenvalue weighted by molar-refractivity contribution is 6.77. The van der Waals surface area contributed by atoms with Crippen LogP contribution in [0.1, 0.15) is 19.3 Å². The van der Waals surface area contributed by atoms with Crippen molar-refractivity contribution in [1.29, 1.82) is 0 Å². The zero-order chi connectivity index (χ0) is 8.93. The van der Waals surface area contributed by atoms with Crippen molar-refractivity contribution < 1.29 is 5.11 Å². The topological polar surface area (TPSA) is 20.2 Å². The first-order chi connectivity index (χ1) is 5.50. The molecule has 2 aliphatic rings. The summed E-state index contributed by atoms with van der Waals surface area (Å²) in [7, 11) is -0.990. The van der Waals surface area contributed by atoms with Gasteiger partial charge < -0.3 is 5.11 Å². The lowest BCUT2D eigenvalue weighted by molar-refractivity contribution is 0.113. The van der Waals surface area contributed by atoms with E-state index < -0.39 is 8.07 Å². The molecule has 2 rings (SSSR count). The minimum atomic E-state index is -0.990. The molecule has 70 valence electrons. The van der Waals surface area contributed by atoms with Crippen LogP contribution in [0.15, 0.2) is 0 Å².